The molecule has 1 radical (unpaired) electrons. The predicted molar refractivity (Wildman–Crippen MR) is 472 cm³/mol. The lowest BCUT2D eigenvalue weighted by molar-refractivity contribution is -0.386. The van der Waals surface area contributed by atoms with Gasteiger partial charge in [-0.2, -0.15) is 0 Å². The normalized spacial score (nSPS) is 11.1. The first-order valence-corrected chi connectivity index (χ1v) is 40.3. The maximum absolute atomic E-state index is 11.2. The van der Waals surface area contributed by atoms with Gasteiger partial charge < -0.3 is 19.0 Å². The molecule has 1 aliphatic carbocycles. The van der Waals surface area contributed by atoms with E-state index in [1.54, 1.807) is 54.6 Å². The van der Waals surface area contributed by atoms with Crippen molar-refractivity contribution >= 4 is 190 Å². The molecule has 2 aliphatic rings. The summed E-state index contributed by atoms with van der Waals surface area (Å²) in [7, 11) is 0.0161. The lowest BCUT2D eigenvalue weighted by Crippen LogP contribution is -2.20. The zero-order chi connectivity index (χ0) is 80.9. The molecular formula is C83H62BBr5IN7O15P. The Balaban J connectivity index is 0.000000153. The topological polar surface area (TPSA) is 302 Å². The van der Waals surface area contributed by atoms with E-state index in [4.69, 9.17) is 9.76 Å². The Morgan fingerprint density at radius 3 is 1.29 bits per heavy atom. The fraction of sp³-hybridized carbons (Fsp3) is 0.0602. The molecule has 0 amide bonds. The van der Waals surface area contributed by atoms with Crippen LogP contribution in [0, 0.1) is 64.3 Å². The van der Waals surface area contributed by atoms with Crippen LogP contribution in [-0.2, 0) is 11.2 Å². The highest BCUT2D eigenvalue weighted by atomic mass is 127. The van der Waals surface area contributed by atoms with Crippen molar-refractivity contribution in [2.75, 3.05) is 13.2 Å². The Bertz CT molecular complexity index is 5540. The number of fused-ring (bicyclic) bond motifs is 6. The first kappa shape index (κ1) is 86.4. The Kier molecular flexibility index (Phi) is 33.2. The molecule has 14 aromatic rings. The zero-order valence-corrected chi connectivity index (χ0v) is 70.0. The Morgan fingerprint density at radius 2 is 0.796 bits per heavy atom. The van der Waals surface area contributed by atoms with Crippen LogP contribution < -0.4 is 20.6 Å². The summed E-state index contributed by atoms with van der Waals surface area (Å²) in [6, 6.07) is 96.5. The number of nitrogens with zero attached hydrogens (tertiary/aromatic N) is 7. The van der Waals surface area contributed by atoms with E-state index in [2.05, 4.69) is 186 Å². The molecule has 1 aliphatic heterocycles. The predicted octanol–water partition coefficient (Wildman–Crippen LogP) is 23.5. The Morgan fingerprint density at radius 1 is 0.381 bits per heavy atom. The molecule has 13 aromatic carbocycles. The van der Waals surface area contributed by atoms with Crippen molar-refractivity contribution in [1.82, 2.24) is 4.57 Å². The van der Waals surface area contributed by atoms with E-state index in [0.29, 0.717) is 31.3 Å². The molecule has 2 heterocycles. The number of hydrogen-bond donors (Lipinski definition) is 1. The van der Waals surface area contributed by atoms with E-state index < -0.39 is 22.7 Å². The number of ether oxygens (including phenoxy) is 1. The molecule has 22 nitrogen and oxygen atoms in total. The van der Waals surface area contributed by atoms with E-state index in [-0.39, 0.29) is 63.6 Å². The van der Waals surface area contributed by atoms with E-state index in [9.17, 15) is 60.7 Å². The van der Waals surface area contributed by atoms with Crippen LogP contribution in [0.25, 0.3) is 49.7 Å². The van der Waals surface area contributed by atoms with Gasteiger partial charge in [-0.15, -0.1) is 0 Å². The van der Waals surface area contributed by atoms with Crippen LogP contribution in [0.5, 0.6) is 5.75 Å². The van der Waals surface area contributed by atoms with Crippen LogP contribution >= 0.6 is 110 Å². The number of nitro benzene ring substituents is 6. The van der Waals surface area contributed by atoms with Crippen molar-refractivity contribution in [3.63, 3.8) is 0 Å². The van der Waals surface area contributed by atoms with E-state index in [1.165, 1.54) is 76.8 Å². The summed E-state index contributed by atoms with van der Waals surface area (Å²) < 4.78 is 15.0. The lowest BCUT2D eigenvalue weighted by Gasteiger charge is -2.18. The maximum Gasteiger partial charge on any atom is 0.569 e. The average Bonchev–Trinajstić information content (AvgIpc) is 1.57. The summed E-state index contributed by atoms with van der Waals surface area (Å²) in [4.78, 5) is 61.9. The maximum atomic E-state index is 11.2. The smallest absolute Gasteiger partial charge is 0.536 e. The summed E-state index contributed by atoms with van der Waals surface area (Å²) in [5, 5.41) is 79.0. The highest BCUT2D eigenvalue weighted by molar-refractivity contribution is 14.1. The molecule has 1 N–H and O–H groups in total. The van der Waals surface area contributed by atoms with Gasteiger partial charge in [0.05, 0.1) is 49.7 Å². The number of benzene rings is 13. The van der Waals surface area contributed by atoms with Crippen molar-refractivity contribution in [3.05, 3.63) is 407 Å². The molecular weight excluding hydrogens is 1900 g/mol. The third-order valence-corrected chi connectivity index (χ3v) is 23.7. The summed E-state index contributed by atoms with van der Waals surface area (Å²) in [5.41, 5.74) is 8.21. The van der Waals surface area contributed by atoms with Crippen molar-refractivity contribution in [3.8, 4) is 33.7 Å². The molecule has 0 spiro atoms. The fourth-order valence-electron chi connectivity index (χ4n) is 11.5. The Hall–Kier alpha value is -10.6. The second kappa shape index (κ2) is 43.4. The monoisotopic (exact) mass is 1960 g/mol. The molecule has 113 heavy (non-hydrogen) atoms. The first-order valence-electron chi connectivity index (χ1n) is 33.9. The summed E-state index contributed by atoms with van der Waals surface area (Å²) in [6.45, 7) is 2.00. The SMILES string of the molecule is Brc1ccccc1.C1CCOC1.O=[N+]([O-])c1ccc2c(c1Br)-c1ccccc1C2.O=[N+]([O-])c1ccc2c(c1Br)c1ccccc1n2-c1ccccc1.O=[N+]([O-])c1cccc(O[B]O)c1Br.O=[N+]([O-])c1ccccc1-c1cccc([N+](=O)[O-])c1Br.O=[N+]([O-])c1ccccc1I.c1ccc(P(c2ccccc2)c2ccccc2)cc1. The van der Waals surface area contributed by atoms with Gasteiger partial charge in [0.2, 0.25) is 0 Å². The van der Waals surface area contributed by atoms with E-state index >= 15 is 0 Å². The second-order valence-corrected chi connectivity index (χ2v) is 31.1. The van der Waals surface area contributed by atoms with Crippen LogP contribution in [0.2, 0.25) is 0 Å². The van der Waals surface area contributed by atoms with Crippen molar-refractivity contribution in [1.29, 1.82) is 0 Å². The van der Waals surface area contributed by atoms with Gasteiger partial charge in [0.1, 0.15) is 23.6 Å². The van der Waals surface area contributed by atoms with Crippen LogP contribution in [-0.4, -0.2) is 60.0 Å². The third kappa shape index (κ3) is 23.3. The van der Waals surface area contributed by atoms with Gasteiger partial charge >= 0.3 is 7.69 Å². The third-order valence-electron chi connectivity index (χ3n) is 16.6. The van der Waals surface area contributed by atoms with Crippen molar-refractivity contribution < 1.29 is 44.0 Å². The summed E-state index contributed by atoms with van der Waals surface area (Å²) >= 11 is 18.2. The standard InChI is InChI=1S/C18H11BrN2O2.C18H15P.C13H8BrNO2.C12H7BrN2O4.C6H4BBrNO4.C6H5Br.C6H4INO2.C4H8O/c19-18-16(21(22)23)11-10-15-17(18)13-8-4-5-9-14(13)20(15)12-6-2-1-3-7-12;1-4-10-16(11-5-1)19(17-12-6-2-7-13-17)18-14-8-3-9-15-18;14-13-11(15(16)17)6-5-9-7-8-3-1-2-4-10(8)12(9)13;13-12-9(5-3-7-11(12)15(18)19)8-4-1-2-6-10(8)14(16)17;8-6-4(9(11)12)2-1-3-5(6)13-7-10;7-6-4-2-1-3-5-6;7-5-3-1-2-4-6(5)8(9)10;1-2-4-5-3-1/h1-11H;1-15H;1-6H,7H2;1-7H;1-3,10H;1-5H;1-4H;1-4H2. The molecule has 1 saturated heterocycles. The minimum atomic E-state index is -0.547. The average molecular weight is 1970 g/mol. The molecule has 1 aromatic heterocycles. The van der Waals surface area contributed by atoms with Gasteiger partial charge in [0, 0.05) is 81.7 Å². The molecule has 0 saturated carbocycles. The van der Waals surface area contributed by atoms with Crippen LogP contribution in [0.4, 0.5) is 34.1 Å². The van der Waals surface area contributed by atoms with E-state index in [1.807, 2.05) is 138 Å². The number of hydrogen-bond acceptors (Lipinski definition) is 15. The van der Waals surface area contributed by atoms with Gasteiger partial charge in [0.25, 0.3) is 34.1 Å². The van der Waals surface area contributed by atoms with Crippen LogP contribution in [0.15, 0.2) is 332 Å². The molecule has 1 fully saturated rings. The van der Waals surface area contributed by atoms with Crippen molar-refractivity contribution in [2.45, 2.75) is 19.3 Å². The molecule has 0 bridgehead atoms. The molecule has 0 atom stereocenters. The minimum Gasteiger partial charge on any atom is -0.536 e. The molecule has 0 unspecified atom stereocenters. The Labute approximate surface area is 705 Å². The largest absolute Gasteiger partial charge is 0.569 e. The highest BCUT2D eigenvalue weighted by Crippen LogP contribution is 2.46. The minimum absolute atomic E-state index is 0.0773. The number of halogens is 6. The molecule has 16 rings (SSSR count). The van der Waals surface area contributed by atoms with Gasteiger partial charge in [-0.25, -0.2) is 0 Å². The quantitative estimate of drug-likeness (QED) is 0.0369. The lowest BCUT2D eigenvalue weighted by atomic mass is 10.0. The van der Waals surface area contributed by atoms with Crippen LogP contribution in [0.1, 0.15) is 24.0 Å². The van der Waals surface area contributed by atoms with E-state index in [0.717, 1.165) is 68.3 Å². The first-order chi connectivity index (χ1) is 54.6. The fourth-order valence-corrected chi connectivity index (χ4v) is 17.3. The summed E-state index contributed by atoms with van der Waals surface area (Å²) in [6.07, 6.45) is 3.40. The van der Waals surface area contributed by atoms with Gasteiger partial charge in [-0.05, 0) is 201 Å². The summed E-state index contributed by atoms with van der Waals surface area (Å²) in [5.74, 6) is 0.191. The molecule has 569 valence electrons. The number of nitro groups is 6. The van der Waals surface area contributed by atoms with Gasteiger partial charge in [-0.1, -0.05) is 234 Å². The second-order valence-electron chi connectivity index (χ2n) is 23.7. The zero-order valence-electron chi connectivity index (χ0n) is 59.1. The molecule has 30 heteroatoms. The van der Waals surface area contributed by atoms with Gasteiger partial charge in [0.15, 0.2) is 0 Å². The van der Waals surface area contributed by atoms with Crippen molar-refractivity contribution in [2.24, 2.45) is 0 Å². The van der Waals surface area contributed by atoms with Gasteiger partial charge in [-0.3, -0.25) is 60.7 Å². The highest BCUT2D eigenvalue weighted by Gasteiger charge is 2.27. The number of para-hydroxylation sites is 4. The number of aromatic nitrogens is 1. The van der Waals surface area contributed by atoms with Crippen LogP contribution in [0.3, 0.4) is 0 Å². The number of rotatable bonds is 13.